The van der Waals surface area contributed by atoms with E-state index in [0.717, 1.165) is 61.6 Å². The zero-order valence-corrected chi connectivity index (χ0v) is 26.4. The average Bonchev–Trinajstić information content (AvgIpc) is 3.77. The molecule has 1 aliphatic carbocycles. The van der Waals surface area contributed by atoms with Gasteiger partial charge >= 0.3 is 0 Å². The lowest BCUT2D eigenvalue weighted by Crippen LogP contribution is -2.49. The SMILES string of the molecule is CCCCC1[OH+][C-](CCc2ccc(O)c(OCCC3=C[C+](C(C4CCCC4)C(CNC)NCC(C)O)C=N3)c2)C=C1CO. The van der Waals surface area contributed by atoms with Crippen LogP contribution in [0.3, 0.4) is 0 Å². The van der Waals surface area contributed by atoms with Crippen LogP contribution in [0.25, 0.3) is 0 Å². The van der Waals surface area contributed by atoms with Gasteiger partial charge in [-0.1, -0.05) is 32.3 Å². The molecule has 6 N–H and O–H groups in total. The zero-order chi connectivity index (χ0) is 30.6. The largest absolute Gasteiger partial charge is 0.504 e. The number of unbranched alkanes of at least 4 members (excludes halogenated alkanes) is 1. The van der Waals surface area contributed by atoms with Gasteiger partial charge in [0, 0.05) is 32.2 Å². The number of rotatable bonds is 19. The van der Waals surface area contributed by atoms with Crippen LogP contribution in [0.1, 0.15) is 77.2 Å². The summed E-state index contributed by atoms with van der Waals surface area (Å²) in [5, 5.41) is 37.1. The molecule has 1 aromatic carbocycles. The average molecular weight is 597 g/mol. The number of nitrogens with one attached hydrogen (secondary N) is 2. The molecule has 3 aliphatic rings. The van der Waals surface area contributed by atoms with Crippen molar-refractivity contribution in [2.75, 3.05) is 33.4 Å². The molecule has 8 heteroatoms. The Hall–Kier alpha value is -2.49. The van der Waals surface area contributed by atoms with Gasteiger partial charge in [0.05, 0.1) is 24.5 Å². The van der Waals surface area contributed by atoms with E-state index in [9.17, 15) is 15.3 Å². The Labute approximate surface area is 258 Å². The molecule has 0 bridgehead atoms. The number of hydrogen-bond acceptors (Lipinski definition) is 7. The molecule has 4 unspecified atom stereocenters. The van der Waals surface area contributed by atoms with E-state index < -0.39 is 0 Å². The van der Waals surface area contributed by atoms with Crippen LogP contribution >= 0.6 is 0 Å². The molecule has 238 valence electrons. The summed E-state index contributed by atoms with van der Waals surface area (Å²) in [6, 6.07) is 5.78. The summed E-state index contributed by atoms with van der Waals surface area (Å²) in [7, 11) is 1.98. The van der Waals surface area contributed by atoms with Gasteiger partial charge in [0.1, 0.15) is 30.9 Å². The topological polar surface area (TPSA) is 119 Å². The van der Waals surface area contributed by atoms with Crippen molar-refractivity contribution in [1.29, 1.82) is 0 Å². The molecule has 43 heavy (non-hydrogen) atoms. The standard InChI is InChI=1S/C35H53N3O5/c1-4-5-10-33-28(23-39)19-30(43-33)13-11-25-12-14-32(41)34(17-25)42-16-15-29-18-27(21-37-29)35(26-8-6-7-9-26)31(22-36-3)38-20-24(2)40/h12,14,17-19,21,24,26,31,33,35-36,38-40,43H,4-11,13,15-16,20,22-23H2,1-3H3/p+1. The fourth-order valence-corrected chi connectivity index (χ4v) is 6.69. The molecule has 4 rings (SSSR count). The van der Waals surface area contributed by atoms with Crippen molar-refractivity contribution in [2.24, 2.45) is 16.8 Å². The van der Waals surface area contributed by atoms with E-state index in [1.165, 1.54) is 31.6 Å². The molecular formula is C35H54N3O5+. The van der Waals surface area contributed by atoms with Gasteiger partial charge in [-0.2, -0.15) is 0 Å². The van der Waals surface area contributed by atoms with E-state index in [0.29, 0.717) is 37.2 Å². The van der Waals surface area contributed by atoms with Gasteiger partial charge in [0.25, 0.3) is 0 Å². The van der Waals surface area contributed by atoms with Gasteiger partial charge < -0.3 is 35.4 Å². The molecule has 0 aromatic heterocycles. The highest BCUT2D eigenvalue weighted by Crippen LogP contribution is 2.40. The first-order chi connectivity index (χ1) is 20.9. The molecule has 0 radical (unpaired) electrons. The van der Waals surface area contributed by atoms with Crippen LogP contribution in [0.5, 0.6) is 11.5 Å². The molecule has 4 atom stereocenters. The molecular weight excluding hydrogens is 542 g/mol. The van der Waals surface area contributed by atoms with E-state index in [4.69, 9.17) is 14.5 Å². The highest BCUT2D eigenvalue weighted by molar-refractivity contribution is 5.83. The highest BCUT2D eigenvalue weighted by Gasteiger charge is 2.42. The number of phenolic OH excluding ortho intramolecular Hbond substituents is 1. The van der Waals surface area contributed by atoms with E-state index in [-0.39, 0.29) is 30.6 Å². The molecule has 1 saturated carbocycles. The zero-order valence-electron chi connectivity index (χ0n) is 26.4. The second kappa shape index (κ2) is 17.1. The first-order valence-corrected chi connectivity index (χ1v) is 16.4. The van der Waals surface area contributed by atoms with Gasteiger partial charge in [-0.25, -0.2) is 0 Å². The van der Waals surface area contributed by atoms with E-state index in [1.807, 2.05) is 32.3 Å². The first kappa shape index (κ1) is 33.4. The Morgan fingerprint density at radius 3 is 2.74 bits per heavy atom. The van der Waals surface area contributed by atoms with Crippen molar-refractivity contribution in [3.05, 3.63) is 59.2 Å². The Morgan fingerprint density at radius 1 is 1.21 bits per heavy atom. The molecule has 1 fully saturated rings. The fraction of sp³-hybridized carbons (Fsp3) is 0.629. The smallest absolute Gasteiger partial charge is 0.178 e. The summed E-state index contributed by atoms with van der Waals surface area (Å²) in [4.78, 5) is 4.75. The van der Waals surface area contributed by atoms with Gasteiger partial charge in [0.2, 0.25) is 0 Å². The maximum atomic E-state index is 10.5. The monoisotopic (exact) mass is 596 g/mol. The summed E-state index contributed by atoms with van der Waals surface area (Å²) in [6.07, 6.45) is 17.5. The van der Waals surface area contributed by atoms with E-state index in [1.54, 1.807) is 6.07 Å². The quantitative estimate of drug-likeness (QED) is 0.118. The van der Waals surface area contributed by atoms with Crippen molar-refractivity contribution >= 4 is 6.21 Å². The lowest BCUT2D eigenvalue weighted by atomic mass is 9.76. The number of benzene rings is 1. The van der Waals surface area contributed by atoms with Gasteiger partial charge in [0.15, 0.2) is 17.2 Å². The van der Waals surface area contributed by atoms with Crippen LogP contribution in [0.15, 0.2) is 46.6 Å². The lowest BCUT2D eigenvalue weighted by Gasteiger charge is -2.31. The third kappa shape index (κ3) is 9.75. The molecule has 0 amide bonds. The number of likely N-dealkylation sites (N-methyl/N-ethyl adjacent to an activating group) is 1. The predicted octanol–water partition coefficient (Wildman–Crippen LogP) is 4.55. The maximum Gasteiger partial charge on any atom is 0.178 e. The van der Waals surface area contributed by atoms with Crippen LogP contribution < -0.4 is 15.4 Å². The van der Waals surface area contributed by atoms with Crippen LogP contribution in [0, 0.1) is 23.9 Å². The van der Waals surface area contributed by atoms with Crippen LogP contribution in [0.4, 0.5) is 0 Å². The molecule has 0 spiro atoms. The van der Waals surface area contributed by atoms with Gasteiger partial charge in [-0.15, -0.1) is 16.6 Å². The fourth-order valence-electron chi connectivity index (χ4n) is 6.69. The Morgan fingerprint density at radius 2 is 2.02 bits per heavy atom. The number of hydrogen-bond donors (Lipinski definition) is 5. The molecule has 1 aromatic rings. The minimum absolute atomic E-state index is 0.0654. The minimum atomic E-state index is -0.390. The van der Waals surface area contributed by atoms with E-state index in [2.05, 4.69) is 29.7 Å². The maximum absolute atomic E-state index is 10.5. The molecule has 0 saturated heterocycles. The molecule has 8 nitrogen and oxygen atoms in total. The summed E-state index contributed by atoms with van der Waals surface area (Å²) in [6.45, 7) is 5.89. The molecule has 2 aliphatic heterocycles. The second-order valence-corrected chi connectivity index (χ2v) is 12.4. The molecule has 2 heterocycles. The highest BCUT2D eigenvalue weighted by atomic mass is 16.5. The number of allylic oxidation sites excluding steroid dienone is 1. The van der Waals surface area contributed by atoms with Crippen LogP contribution in [-0.4, -0.2) is 77.9 Å². The number of aliphatic hydroxyl groups is 4. The Balaban J connectivity index is 1.31. The van der Waals surface area contributed by atoms with Crippen molar-refractivity contribution in [3.63, 3.8) is 0 Å². The summed E-state index contributed by atoms with van der Waals surface area (Å²) >= 11 is 0. The van der Waals surface area contributed by atoms with Crippen molar-refractivity contribution in [3.8, 4) is 11.5 Å². The number of aliphatic imine (C=N–C) groups is 1. The third-order valence-corrected chi connectivity index (χ3v) is 8.96. The Bertz CT molecular complexity index is 1080. The number of nitrogens with zero attached hydrogens (tertiary/aromatic N) is 1. The number of phenols is 1. The number of aryl methyl sites for hydroxylation is 1. The summed E-state index contributed by atoms with van der Waals surface area (Å²) < 4.78 is 10.9. The second-order valence-electron chi connectivity index (χ2n) is 12.4. The van der Waals surface area contributed by atoms with Crippen molar-refractivity contribution in [2.45, 2.75) is 96.3 Å². The predicted molar refractivity (Wildman–Crippen MR) is 173 cm³/mol. The number of ether oxygens (including phenoxy) is 2. The number of aromatic hydroxyl groups is 1. The first-order valence-electron chi connectivity index (χ1n) is 16.4. The summed E-state index contributed by atoms with van der Waals surface area (Å²) in [5.74, 6) is 2.84. The Kier molecular flexibility index (Phi) is 13.3. The minimum Gasteiger partial charge on any atom is -0.504 e. The summed E-state index contributed by atoms with van der Waals surface area (Å²) in [5.41, 5.74) is 3.10. The van der Waals surface area contributed by atoms with Crippen LogP contribution in [0.2, 0.25) is 0 Å². The lowest BCUT2D eigenvalue weighted by molar-refractivity contribution is -0.0550. The van der Waals surface area contributed by atoms with Gasteiger partial charge in [-0.3, -0.25) is 0 Å². The third-order valence-electron chi connectivity index (χ3n) is 8.96. The van der Waals surface area contributed by atoms with Crippen molar-refractivity contribution < 1.29 is 24.8 Å². The normalized spacial score (nSPS) is 20.9. The van der Waals surface area contributed by atoms with Crippen molar-refractivity contribution in [1.82, 2.24) is 10.6 Å². The van der Waals surface area contributed by atoms with E-state index >= 15 is 0 Å². The number of aliphatic hydroxyl groups excluding tert-OH is 2. The van der Waals surface area contributed by atoms with Crippen LogP contribution in [-0.2, 0) is 6.42 Å². The van der Waals surface area contributed by atoms with Gasteiger partial charge in [-0.05, 0) is 69.7 Å².